The Morgan fingerprint density at radius 3 is 2.60 bits per heavy atom. The predicted molar refractivity (Wildman–Crippen MR) is 135 cm³/mol. The molecule has 1 amide bonds. The lowest BCUT2D eigenvalue weighted by Crippen LogP contribution is -2.25. The van der Waals surface area contributed by atoms with E-state index in [-0.39, 0.29) is 23.5 Å². The molecule has 0 saturated carbocycles. The van der Waals surface area contributed by atoms with Gasteiger partial charge in [-0.3, -0.25) is 4.79 Å². The molecule has 10 heteroatoms. The van der Waals surface area contributed by atoms with Crippen LogP contribution in [0.1, 0.15) is 54.7 Å². The Balaban J connectivity index is 1.86. The average Bonchev–Trinajstić information content (AvgIpc) is 3.39. The van der Waals surface area contributed by atoms with E-state index in [9.17, 15) is 13.2 Å². The molecule has 4 rings (SSSR count). The van der Waals surface area contributed by atoms with E-state index in [0.717, 1.165) is 24.8 Å². The van der Waals surface area contributed by atoms with Gasteiger partial charge in [0, 0.05) is 12.1 Å². The lowest BCUT2D eigenvalue weighted by molar-refractivity contribution is 0.0954. The van der Waals surface area contributed by atoms with Crippen molar-refractivity contribution in [3.63, 3.8) is 0 Å². The molecule has 0 radical (unpaired) electrons. The lowest BCUT2D eigenvalue weighted by atomic mass is 10.0. The minimum absolute atomic E-state index is 0.0179. The van der Waals surface area contributed by atoms with Crippen LogP contribution in [0.15, 0.2) is 24.3 Å². The van der Waals surface area contributed by atoms with E-state index >= 15 is 0 Å². The molecule has 9 nitrogen and oxygen atoms in total. The average molecular weight is 501 g/mol. The van der Waals surface area contributed by atoms with Crippen molar-refractivity contribution >= 4 is 26.8 Å². The van der Waals surface area contributed by atoms with Gasteiger partial charge in [0.2, 0.25) is 0 Å². The SMILES string of the molecule is CCCCCNC(=O)c1cc(-c2ccc(OC)c(OC)c2)nc2c1c(C)nn2C1CCS(=O)(=O)C1. The van der Waals surface area contributed by atoms with Crippen LogP contribution in [-0.2, 0) is 9.84 Å². The van der Waals surface area contributed by atoms with Crippen LogP contribution in [0.4, 0.5) is 0 Å². The zero-order chi connectivity index (χ0) is 25.2. The second-order valence-electron chi connectivity index (χ2n) is 8.87. The molecular formula is C25H32N4O5S. The van der Waals surface area contributed by atoms with E-state index in [1.165, 1.54) is 0 Å². The number of aromatic nitrogens is 3. The fourth-order valence-corrected chi connectivity index (χ4v) is 6.22. The van der Waals surface area contributed by atoms with Crippen LogP contribution in [0, 0.1) is 6.92 Å². The van der Waals surface area contributed by atoms with Gasteiger partial charge in [-0.15, -0.1) is 0 Å². The first-order valence-electron chi connectivity index (χ1n) is 11.9. The number of nitrogens with zero attached hydrogens (tertiary/aromatic N) is 3. The number of hydrogen-bond donors (Lipinski definition) is 1. The number of fused-ring (bicyclic) bond motifs is 1. The molecular weight excluding hydrogens is 468 g/mol. The van der Waals surface area contributed by atoms with Crippen LogP contribution in [0.2, 0.25) is 0 Å². The highest BCUT2D eigenvalue weighted by molar-refractivity contribution is 7.91. The van der Waals surface area contributed by atoms with E-state index in [1.54, 1.807) is 31.0 Å². The number of sulfone groups is 1. The molecule has 188 valence electrons. The first kappa shape index (κ1) is 25.0. The van der Waals surface area contributed by atoms with Crippen LogP contribution < -0.4 is 14.8 Å². The van der Waals surface area contributed by atoms with Gasteiger partial charge in [-0.2, -0.15) is 5.10 Å². The van der Waals surface area contributed by atoms with Crippen molar-refractivity contribution < 1.29 is 22.7 Å². The first-order valence-corrected chi connectivity index (χ1v) is 13.7. The predicted octanol–water partition coefficient (Wildman–Crippen LogP) is 3.70. The largest absolute Gasteiger partial charge is 0.493 e. The summed E-state index contributed by atoms with van der Waals surface area (Å²) in [5, 5.41) is 8.32. The molecule has 0 spiro atoms. The van der Waals surface area contributed by atoms with Crippen molar-refractivity contribution in [3.05, 3.63) is 35.5 Å². The van der Waals surface area contributed by atoms with Gasteiger partial charge in [0.25, 0.3) is 5.91 Å². The van der Waals surface area contributed by atoms with Crippen molar-refractivity contribution in [2.75, 3.05) is 32.3 Å². The van der Waals surface area contributed by atoms with E-state index in [0.29, 0.717) is 52.4 Å². The smallest absolute Gasteiger partial charge is 0.252 e. The topological polar surface area (TPSA) is 112 Å². The summed E-state index contributed by atoms with van der Waals surface area (Å²) in [5.41, 5.74) is 2.94. The Morgan fingerprint density at radius 1 is 1.17 bits per heavy atom. The molecule has 35 heavy (non-hydrogen) atoms. The normalized spacial score (nSPS) is 17.0. The summed E-state index contributed by atoms with van der Waals surface area (Å²) in [4.78, 5) is 18.2. The molecule has 1 aromatic carbocycles. The number of ether oxygens (including phenoxy) is 2. The Labute approximate surface area is 205 Å². The fourth-order valence-electron chi connectivity index (χ4n) is 4.53. The van der Waals surface area contributed by atoms with Crippen molar-refractivity contribution in [2.45, 2.75) is 45.6 Å². The van der Waals surface area contributed by atoms with Gasteiger partial charge in [0.15, 0.2) is 27.0 Å². The number of carbonyl (C=O) groups is 1. The number of amides is 1. The molecule has 1 atom stereocenters. The van der Waals surface area contributed by atoms with E-state index in [1.807, 2.05) is 19.1 Å². The van der Waals surface area contributed by atoms with Gasteiger partial charge in [-0.25, -0.2) is 18.1 Å². The third-order valence-corrected chi connectivity index (χ3v) is 8.13. The van der Waals surface area contributed by atoms with Gasteiger partial charge < -0.3 is 14.8 Å². The molecule has 3 heterocycles. The molecule has 3 aromatic rings. The van der Waals surface area contributed by atoms with Gasteiger partial charge in [0.05, 0.1) is 54.1 Å². The van der Waals surface area contributed by atoms with Crippen LogP contribution >= 0.6 is 0 Å². The molecule has 1 aliphatic heterocycles. The van der Waals surface area contributed by atoms with E-state index in [4.69, 9.17) is 14.5 Å². The van der Waals surface area contributed by atoms with Crippen LogP contribution in [0.3, 0.4) is 0 Å². The maximum atomic E-state index is 13.3. The second-order valence-corrected chi connectivity index (χ2v) is 11.1. The van der Waals surface area contributed by atoms with Crippen molar-refractivity contribution in [1.29, 1.82) is 0 Å². The highest BCUT2D eigenvalue weighted by Crippen LogP contribution is 2.35. The lowest BCUT2D eigenvalue weighted by Gasteiger charge is -2.13. The Hall–Kier alpha value is -3.14. The monoisotopic (exact) mass is 500 g/mol. The maximum Gasteiger partial charge on any atom is 0.252 e. The summed E-state index contributed by atoms with van der Waals surface area (Å²) in [6.45, 7) is 4.52. The van der Waals surface area contributed by atoms with Crippen LogP contribution in [-0.4, -0.2) is 61.4 Å². The van der Waals surface area contributed by atoms with E-state index in [2.05, 4.69) is 17.3 Å². The maximum absolute atomic E-state index is 13.3. The van der Waals surface area contributed by atoms with Crippen LogP contribution in [0.25, 0.3) is 22.3 Å². The molecule has 2 aromatic heterocycles. The Bertz CT molecular complexity index is 1350. The summed E-state index contributed by atoms with van der Waals surface area (Å²) in [5.74, 6) is 1.08. The molecule has 1 saturated heterocycles. The molecule has 1 fully saturated rings. The number of aryl methyl sites for hydroxylation is 1. The van der Waals surface area contributed by atoms with Crippen molar-refractivity contribution in [2.24, 2.45) is 0 Å². The van der Waals surface area contributed by atoms with Gasteiger partial charge in [-0.05, 0) is 44.0 Å². The molecule has 1 aliphatic rings. The number of pyridine rings is 1. The summed E-state index contributed by atoms with van der Waals surface area (Å²) in [7, 11) is 0.00687. The molecule has 0 aliphatic carbocycles. The summed E-state index contributed by atoms with van der Waals surface area (Å²) in [6, 6.07) is 6.90. The second kappa shape index (κ2) is 10.2. The Morgan fingerprint density at radius 2 is 1.94 bits per heavy atom. The first-order chi connectivity index (χ1) is 16.8. The highest BCUT2D eigenvalue weighted by atomic mass is 32.2. The number of nitrogens with one attached hydrogen (secondary N) is 1. The number of rotatable bonds is 9. The third kappa shape index (κ3) is 5.12. The molecule has 1 N–H and O–H groups in total. The number of carbonyl (C=O) groups excluding carboxylic acids is 1. The summed E-state index contributed by atoms with van der Waals surface area (Å²) >= 11 is 0. The van der Waals surface area contributed by atoms with Crippen molar-refractivity contribution in [3.8, 4) is 22.8 Å². The van der Waals surface area contributed by atoms with Crippen LogP contribution in [0.5, 0.6) is 11.5 Å². The standard InChI is InChI=1S/C25H32N4O5S/c1-5-6-7-11-26-25(30)19-14-20(17-8-9-21(33-3)22(13-17)34-4)27-24-23(19)16(2)28-29(24)18-10-12-35(31,32)15-18/h8-9,13-14,18H,5-7,10-12,15H2,1-4H3,(H,26,30). The van der Waals surface area contributed by atoms with Gasteiger partial charge in [0.1, 0.15) is 0 Å². The third-order valence-electron chi connectivity index (χ3n) is 6.38. The zero-order valence-electron chi connectivity index (χ0n) is 20.6. The van der Waals surface area contributed by atoms with E-state index < -0.39 is 9.84 Å². The number of unbranched alkanes of at least 4 members (excludes halogenated alkanes) is 2. The molecule has 1 unspecified atom stereocenters. The highest BCUT2D eigenvalue weighted by Gasteiger charge is 2.32. The van der Waals surface area contributed by atoms with Crippen molar-refractivity contribution in [1.82, 2.24) is 20.1 Å². The number of methoxy groups -OCH3 is 2. The minimum atomic E-state index is -3.12. The quantitative estimate of drug-likeness (QED) is 0.446. The van der Waals surface area contributed by atoms with Gasteiger partial charge in [-0.1, -0.05) is 19.8 Å². The number of benzene rings is 1. The summed E-state index contributed by atoms with van der Waals surface area (Å²) < 4.78 is 36.8. The minimum Gasteiger partial charge on any atom is -0.493 e. The summed E-state index contributed by atoms with van der Waals surface area (Å²) in [6.07, 6.45) is 3.47. The fraction of sp³-hybridized carbons (Fsp3) is 0.480. The molecule has 0 bridgehead atoms. The number of hydrogen-bond acceptors (Lipinski definition) is 7. The zero-order valence-corrected chi connectivity index (χ0v) is 21.4. The van der Waals surface area contributed by atoms with Gasteiger partial charge >= 0.3 is 0 Å². The Kier molecular flexibility index (Phi) is 7.30.